The first-order chi connectivity index (χ1) is 24.8. The number of thiophene rings is 1. The molecule has 0 radical (unpaired) electrons. The van der Waals surface area contributed by atoms with Crippen molar-refractivity contribution < 1.29 is 4.42 Å². The van der Waals surface area contributed by atoms with E-state index >= 15 is 0 Å². The van der Waals surface area contributed by atoms with Crippen LogP contribution in [-0.4, -0.2) is 15.0 Å². The molecule has 4 nitrogen and oxygen atoms in total. The zero-order valence-corrected chi connectivity index (χ0v) is 27.4. The standard InChI is InChI=1S/C45H25N3OS/c1-2-10-26(11-3-1)43-46-44(48-45(47-43)29-20-22-32-31-12-6-8-16-37(31)49-38(32)25-29)28-19-21-30-27(24-28)18-23-36-40(30)33-13-4-5-14-34(33)41-35-15-7-9-17-39(35)50-42(36)41/h1-25H. The normalized spacial score (nSPS) is 12.0. The second-order valence-corrected chi connectivity index (χ2v) is 13.8. The molecule has 0 spiro atoms. The molecule has 5 heteroatoms. The van der Waals surface area contributed by atoms with Crippen molar-refractivity contribution >= 4 is 85.8 Å². The smallest absolute Gasteiger partial charge is 0.164 e. The first-order valence-corrected chi connectivity index (χ1v) is 17.5. The van der Waals surface area contributed by atoms with Gasteiger partial charge in [0.2, 0.25) is 0 Å². The molecule has 0 atom stereocenters. The van der Waals surface area contributed by atoms with Crippen molar-refractivity contribution in [2.24, 2.45) is 0 Å². The molecule has 0 saturated carbocycles. The highest BCUT2D eigenvalue weighted by molar-refractivity contribution is 7.27. The summed E-state index contributed by atoms with van der Waals surface area (Å²) in [5.74, 6) is 1.87. The lowest BCUT2D eigenvalue weighted by molar-refractivity contribution is 0.669. The molecule has 3 aromatic heterocycles. The first-order valence-electron chi connectivity index (χ1n) is 16.7. The summed E-state index contributed by atoms with van der Waals surface area (Å²) in [5.41, 5.74) is 4.43. The molecule has 0 amide bonds. The third-order valence-corrected chi connectivity index (χ3v) is 11.1. The Kier molecular flexibility index (Phi) is 5.80. The number of para-hydroxylation sites is 1. The van der Waals surface area contributed by atoms with Gasteiger partial charge in [-0.05, 0) is 57.3 Å². The molecule has 0 N–H and O–H groups in total. The summed E-state index contributed by atoms with van der Waals surface area (Å²) in [6.45, 7) is 0. The molecule has 0 fully saturated rings. The maximum atomic E-state index is 6.23. The summed E-state index contributed by atoms with van der Waals surface area (Å²) in [6, 6.07) is 53.2. The molecule has 11 aromatic rings. The first kappa shape index (κ1) is 27.5. The number of rotatable bonds is 3. The molecular weight excluding hydrogens is 631 g/mol. The molecule has 11 rings (SSSR count). The lowest BCUT2D eigenvalue weighted by Gasteiger charge is -2.12. The highest BCUT2D eigenvalue weighted by Crippen LogP contribution is 2.46. The van der Waals surface area contributed by atoms with Gasteiger partial charge in [0.05, 0.1) is 0 Å². The number of aromatic nitrogens is 3. The van der Waals surface area contributed by atoms with Crippen molar-refractivity contribution in [3.63, 3.8) is 0 Å². The Labute approximate surface area is 289 Å². The summed E-state index contributed by atoms with van der Waals surface area (Å²) in [6.07, 6.45) is 0. The van der Waals surface area contributed by atoms with Gasteiger partial charge >= 0.3 is 0 Å². The van der Waals surface area contributed by atoms with Crippen LogP contribution in [0.2, 0.25) is 0 Å². The van der Waals surface area contributed by atoms with Crippen molar-refractivity contribution in [3.05, 3.63) is 152 Å². The topological polar surface area (TPSA) is 51.8 Å². The van der Waals surface area contributed by atoms with Crippen molar-refractivity contribution in [3.8, 4) is 34.2 Å². The molecule has 8 aromatic carbocycles. The second kappa shape index (κ2) is 10.5. The van der Waals surface area contributed by atoms with Crippen LogP contribution in [0.4, 0.5) is 0 Å². The Morgan fingerprint density at radius 3 is 1.76 bits per heavy atom. The Balaban J connectivity index is 1.13. The van der Waals surface area contributed by atoms with E-state index in [1.54, 1.807) is 0 Å². The number of fused-ring (bicyclic) bond motifs is 13. The molecule has 0 aliphatic carbocycles. The fourth-order valence-corrected chi connectivity index (χ4v) is 8.83. The minimum atomic E-state index is 0.605. The summed E-state index contributed by atoms with van der Waals surface area (Å²) >= 11 is 1.88. The fraction of sp³-hybridized carbons (Fsp3) is 0. The van der Waals surface area contributed by atoms with Crippen molar-refractivity contribution in [1.82, 2.24) is 15.0 Å². The molecule has 0 aliphatic rings. The van der Waals surface area contributed by atoms with Gasteiger partial charge in [-0.1, -0.05) is 121 Å². The monoisotopic (exact) mass is 655 g/mol. The van der Waals surface area contributed by atoms with E-state index in [2.05, 4.69) is 97.1 Å². The number of hydrogen-bond donors (Lipinski definition) is 0. The van der Waals surface area contributed by atoms with E-state index in [0.717, 1.165) is 44.0 Å². The lowest BCUT2D eigenvalue weighted by Crippen LogP contribution is -2.00. The highest BCUT2D eigenvalue weighted by atomic mass is 32.1. The van der Waals surface area contributed by atoms with Crippen LogP contribution in [0.15, 0.2) is 156 Å². The van der Waals surface area contributed by atoms with Crippen LogP contribution in [0.25, 0.3) is 109 Å². The molecule has 0 unspecified atom stereocenters. The van der Waals surface area contributed by atoms with Crippen LogP contribution in [0, 0.1) is 0 Å². The third-order valence-electron chi connectivity index (χ3n) is 9.89. The molecule has 232 valence electrons. The van der Waals surface area contributed by atoms with E-state index in [-0.39, 0.29) is 0 Å². The SMILES string of the molecule is c1ccc(-c2nc(-c3ccc4c(ccc5c6sc7ccccc7c6c6ccccc6c45)c3)nc(-c3ccc4c(c3)oc3ccccc34)n2)cc1. The number of hydrogen-bond acceptors (Lipinski definition) is 5. The maximum absolute atomic E-state index is 6.23. The summed E-state index contributed by atoms with van der Waals surface area (Å²) in [7, 11) is 0. The van der Waals surface area contributed by atoms with Crippen molar-refractivity contribution in [1.29, 1.82) is 0 Å². The van der Waals surface area contributed by atoms with Crippen molar-refractivity contribution in [2.75, 3.05) is 0 Å². The lowest BCUT2D eigenvalue weighted by atomic mass is 9.93. The molecular formula is C45H25N3OS. The largest absolute Gasteiger partial charge is 0.456 e. The van der Waals surface area contributed by atoms with Crippen LogP contribution in [0.3, 0.4) is 0 Å². The Hall–Kier alpha value is -6.43. The van der Waals surface area contributed by atoms with Gasteiger partial charge in [0, 0.05) is 53.0 Å². The maximum Gasteiger partial charge on any atom is 0.164 e. The average Bonchev–Trinajstić information content (AvgIpc) is 3.76. The van der Waals surface area contributed by atoms with E-state index in [1.165, 1.54) is 47.1 Å². The van der Waals surface area contributed by atoms with Crippen LogP contribution in [-0.2, 0) is 0 Å². The molecule has 0 bridgehead atoms. The van der Waals surface area contributed by atoms with E-state index in [4.69, 9.17) is 19.4 Å². The van der Waals surface area contributed by atoms with Crippen molar-refractivity contribution in [2.45, 2.75) is 0 Å². The number of benzene rings is 8. The van der Waals surface area contributed by atoms with Gasteiger partial charge in [-0.15, -0.1) is 11.3 Å². The zero-order valence-electron chi connectivity index (χ0n) is 26.6. The van der Waals surface area contributed by atoms with Crippen LogP contribution >= 0.6 is 11.3 Å². The van der Waals surface area contributed by atoms with Gasteiger partial charge in [0.15, 0.2) is 17.5 Å². The Morgan fingerprint density at radius 1 is 0.380 bits per heavy atom. The highest BCUT2D eigenvalue weighted by Gasteiger charge is 2.18. The Morgan fingerprint density at radius 2 is 0.960 bits per heavy atom. The van der Waals surface area contributed by atoms with Gasteiger partial charge in [-0.25, -0.2) is 15.0 Å². The molecule has 0 saturated heterocycles. The molecule has 0 aliphatic heterocycles. The summed E-state index contributed by atoms with van der Waals surface area (Å²) in [4.78, 5) is 15.1. The number of nitrogens with zero attached hydrogens (tertiary/aromatic N) is 3. The summed E-state index contributed by atoms with van der Waals surface area (Å²) < 4.78 is 8.88. The van der Waals surface area contributed by atoms with E-state index < -0.39 is 0 Å². The van der Waals surface area contributed by atoms with E-state index in [9.17, 15) is 0 Å². The predicted molar refractivity (Wildman–Crippen MR) is 209 cm³/mol. The fourth-order valence-electron chi connectivity index (χ4n) is 7.59. The van der Waals surface area contributed by atoms with Gasteiger partial charge in [-0.3, -0.25) is 0 Å². The van der Waals surface area contributed by atoms with Crippen LogP contribution in [0.1, 0.15) is 0 Å². The van der Waals surface area contributed by atoms with E-state index in [0.29, 0.717) is 17.5 Å². The van der Waals surface area contributed by atoms with Gasteiger partial charge in [0.25, 0.3) is 0 Å². The zero-order chi connectivity index (χ0) is 32.8. The third kappa shape index (κ3) is 4.08. The minimum absolute atomic E-state index is 0.605. The average molecular weight is 656 g/mol. The van der Waals surface area contributed by atoms with E-state index in [1.807, 2.05) is 65.9 Å². The molecule has 3 heterocycles. The summed E-state index contributed by atoms with van der Waals surface area (Å²) in [5, 5.41) is 12.3. The Bertz CT molecular complexity index is 3160. The van der Waals surface area contributed by atoms with Gasteiger partial charge in [0.1, 0.15) is 11.2 Å². The quantitative estimate of drug-likeness (QED) is 0.178. The minimum Gasteiger partial charge on any atom is -0.456 e. The van der Waals surface area contributed by atoms with Gasteiger partial charge < -0.3 is 4.42 Å². The van der Waals surface area contributed by atoms with Gasteiger partial charge in [-0.2, -0.15) is 0 Å². The number of furan rings is 1. The second-order valence-electron chi connectivity index (χ2n) is 12.8. The predicted octanol–water partition coefficient (Wildman–Crippen LogP) is 12.6. The molecule has 50 heavy (non-hydrogen) atoms. The van der Waals surface area contributed by atoms with Crippen LogP contribution < -0.4 is 0 Å². The van der Waals surface area contributed by atoms with Crippen LogP contribution in [0.5, 0.6) is 0 Å².